The molecule has 0 radical (unpaired) electrons. The minimum atomic E-state index is 0.517. The van der Waals surface area contributed by atoms with Crippen molar-refractivity contribution in [3.63, 3.8) is 0 Å². The summed E-state index contributed by atoms with van der Waals surface area (Å²) in [6.07, 6.45) is 5.40. The zero-order valence-electron chi connectivity index (χ0n) is 11.5. The molecular formula is C14H20N4S. The summed E-state index contributed by atoms with van der Waals surface area (Å²) in [5, 5.41) is 1.18. The number of nitrogens with two attached hydrogens (primary N) is 1. The molecule has 0 saturated heterocycles. The van der Waals surface area contributed by atoms with Crippen LogP contribution in [0.15, 0.2) is 12.4 Å². The van der Waals surface area contributed by atoms with Gasteiger partial charge in [0, 0.05) is 18.0 Å². The Bertz CT molecular complexity index is 580. The van der Waals surface area contributed by atoms with Crippen molar-refractivity contribution < 1.29 is 0 Å². The summed E-state index contributed by atoms with van der Waals surface area (Å²) in [4.78, 5) is 13.6. The molecule has 2 aromatic rings. The largest absolute Gasteiger partial charge is 0.356 e. The van der Waals surface area contributed by atoms with E-state index >= 15 is 0 Å². The summed E-state index contributed by atoms with van der Waals surface area (Å²) in [5.74, 6) is 1.65. The molecule has 2 N–H and O–H groups in total. The summed E-state index contributed by atoms with van der Waals surface area (Å²) < 4.78 is 0. The zero-order chi connectivity index (χ0) is 13.4. The standard InChI is InChI=1S/C14H20N4S/c1-9-6-11-13(16-8-17-14(11)19-9)18(2)12-5-3-4-10(12)7-15/h6,8,10,12H,3-5,7,15H2,1-2H3. The van der Waals surface area contributed by atoms with E-state index in [1.54, 1.807) is 17.7 Å². The van der Waals surface area contributed by atoms with Gasteiger partial charge in [-0.15, -0.1) is 11.3 Å². The van der Waals surface area contributed by atoms with Crippen LogP contribution in [0, 0.1) is 12.8 Å². The summed E-state index contributed by atoms with van der Waals surface area (Å²) in [6, 6.07) is 2.71. The number of hydrogen-bond acceptors (Lipinski definition) is 5. The summed E-state index contributed by atoms with van der Waals surface area (Å²) in [7, 11) is 2.15. The number of anilines is 1. The first-order chi connectivity index (χ1) is 9.20. The third-order valence-electron chi connectivity index (χ3n) is 4.18. The van der Waals surface area contributed by atoms with E-state index in [1.807, 2.05) is 0 Å². The highest BCUT2D eigenvalue weighted by atomic mass is 32.1. The number of nitrogens with zero attached hydrogens (tertiary/aromatic N) is 3. The molecule has 4 nitrogen and oxygen atoms in total. The molecule has 2 heterocycles. The first-order valence-electron chi connectivity index (χ1n) is 6.84. The average molecular weight is 276 g/mol. The monoisotopic (exact) mass is 276 g/mol. The van der Waals surface area contributed by atoms with Gasteiger partial charge in [-0.25, -0.2) is 9.97 Å². The molecule has 1 saturated carbocycles. The van der Waals surface area contributed by atoms with Crippen LogP contribution >= 0.6 is 11.3 Å². The fraction of sp³-hybridized carbons (Fsp3) is 0.571. The average Bonchev–Trinajstić information content (AvgIpc) is 3.01. The van der Waals surface area contributed by atoms with Crippen molar-refractivity contribution in [2.45, 2.75) is 32.2 Å². The molecule has 1 aliphatic rings. The summed E-state index contributed by atoms with van der Waals surface area (Å²) in [6.45, 7) is 2.89. The van der Waals surface area contributed by atoms with Crippen LogP contribution in [0.5, 0.6) is 0 Å². The second kappa shape index (κ2) is 5.06. The quantitative estimate of drug-likeness (QED) is 0.936. The second-order valence-corrected chi connectivity index (χ2v) is 6.61. The molecule has 1 aliphatic carbocycles. The highest BCUT2D eigenvalue weighted by Gasteiger charge is 2.30. The van der Waals surface area contributed by atoms with Gasteiger partial charge in [-0.05, 0) is 38.3 Å². The lowest BCUT2D eigenvalue weighted by Gasteiger charge is -2.30. The van der Waals surface area contributed by atoms with Crippen molar-refractivity contribution in [3.8, 4) is 0 Å². The van der Waals surface area contributed by atoms with Crippen LogP contribution in [-0.4, -0.2) is 29.6 Å². The topological polar surface area (TPSA) is 55.0 Å². The van der Waals surface area contributed by atoms with E-state index in [4.69, 9.17) is 5.73 Å². The third-order valence-corrected chi connectivity index (χ3v) is 5.14. The molecule has 2 aromatic heterocycles. The van der Waals surface area contributed by atoms with Crippen LogP contribution in [0.25, 0.3) is 10.2 Å². The first-order valence-corrected chi connectivity index (χ1v) is 7.66. The lowest BCUT2D eigenvalue weighted by atomic mass is 10.0. The Balaban J connectivity index is 1.99. The molecule has 0 spiro atoms. The van der Waals surface area contributed by atoms with Gasteiger partial charge in [0.15, 0.2) is 0 Å². The molecule has 0 bridgehead atoms. The molecule has 3 rings (SSSR count). The molecule has 1 fully saturated rings. The minimum Gasteiger partial charge on any atom is -0.356 e. The first kappa shape index (κ1) is 12.8. The Hall–Kier alpha value is -1.20. The molecule has 0 aromatic carbocycles. The normalized spacial score (nSPS) is 23.1. The maximum absolute atomic E-state index is 5.90. The van der Waals surface area contributed by atoms with Crippen LogP contribution in [-0.2, 0) is 0 Å². The molecule has 102 valence electrons. The minimum absolute atomic E-state index is 0.517. The maximum atomic E-state index is 5.90. The number of thiophene rings is 1. The van der Waals surface area contributed by atoms with E-state index in [2.05, 4.69) is 34.9 Å². The van der Waals surface area contributed by atoms with Gasteiger partial charge in [-0.2, -0.15) is 0 Å². The van der Waals surface area contributed by atoms with Gasteiger partial charge in [0.05, 0.1) is 5.39 Å². The number of hydrogen-bond donors (Lipinski definition) is 1. The molecule has 2 unspecified atom stereocenters. The predicted octanol–water partition coefficient (Wildman–Crippen LogP) is 2.56. The number of aromatic nitrogens is 2. The SMILES string of the molecule is Cc1cc2c(N(C)C3CCCC3CN)ncnc2s1. The van der Waals surface area contributed by atoms with Crippen molar-refractivity contribution in [1.82, 2.24) is 9.97 Å². The van der Waals surface area contributed by atoms with Crippen molar-refractivity contribution >= 4 is 27.4 Å². The van der Waals surface area contributed by atoms with Crippen LogP contribution in [0.1, 0.15) is 24.1 Å². The Morgan fingerprint density at radius 1 is 1.42 bits per heavy atom. The molecule has 5 heteroatoms. The number of rotatable bonds is 3. The van der Waals surface area contributed by atoms with Crippen LogP contribution in [0.3, 0.4) is 0 Å². The Morgan fingerprint density at radius 3 is 3.05 bits per heavy atom. The Labute approximate surface area is 117 Å². The second-order valence-electron chi connectivity index (χ2n) is 5.38. The summed E-state index contributed by atoms with van der Waals surface area (Å²) >= 11 is 1.73. The number of aryl methyl sites for hydroxylation is 1. The van der Waals surface area contributed by atoms with Gasteiger partial charge in [0.25, 0.3) is 0 Å². The number of fused-ring (bicyclic) bond motifs is 1. The zero-order valence-corrected chi connectivity index (χ0v) is 12.3. The van der Waals surface area contributed by atoms with E-state index in [0.29, 0.717) is 12.0 Å². The molecule has 19 heavy (non-hydrogen) atoms. The van der Waals surface area contributed by atoms with Crippen molar-refractivity contribution in [3.05, 3.63) is 17.3 Å². The lowest BCUT2D eigenvalue weighted by Crippen LogP contribution is -2.38. The molecule has 0 amide bonds. The maximum Gasteiger partial charge on any atom is 0.140 e. The van der Waals surface area contributed by atoms with E-state index in [9.17, 15) is 0 Å². The van der Waals surface area contributed by atoms with E-state index in [1.165, 1.54) is 29.5 Å². The van der Waals surface area contributed by atoms with Gasteiger partial charge >= 0.3 is 0 Å². The van der Waals surface area contributed by atoms with Crippen molar-refractivity contribution in [1.29, 1.82) is 0 Å². The van der Waals surface area contributed by atoms with Gasteiger partial charge in [-0.3, -0.25) is 0 Å². The summed E-state index contributed by atoms with van der Waals surface area (Å²) in [5.41, 5.74) is 5.90. The van der Waals surface area contributed by atoms with Gasteiger partial charge in [0.1, 0.15) is 17.0 Å². The lowest BCUT2D eigenvalue weighted by molar-refractivity contribution is 0.473. The molecule has 2 atom stereocenters. The van der Waals surface area contributed by atoms with Gasteiger partial charge < -0.3 is 10.6 Å². The highest BCUT2D eigenvalue weighted by Crippen LogP contribution is 2.35. The highest BCUT2D eigenvalue weighted by molar-refractivity contribution is 7.18. The smallest absolute Gasteiger partial charge is 0.140 e. The molecule has 0 aliphatic heterocycles. The van der Waals surface area contributed by atoms with Crippen LogP contribution < -0.4 is 10.6 Å². The van der Waals surface area contributed by atoms with Gasteiger partial charge in [-0.1, -0.05) is 6.42 Å². The molecular weight excluding hydrogens is 256 g/mol. The Morgan fingerprint density at radius 2 is 2.26 bits per heavy atom. The van der Waals surface area contributed by atoms with Gasteiger partial charge in [0.2, 0.25) is 0 Å². The fourth-order valence-corrected chi connectivity index (χ4v) is 4.05. The van der Waals surface area contributed by atoms with Crippen molar-refractivity contribution in [2.24, 2.45) is 11.7 Å². The van der Waals surface area contributed by atoms with E-state index in [0.717, 1.165) is 17.2 Å². The predicted molar refractivity (Wildman–Crippen MR) is 80.7 cm³/mol. The third kappa shape index (κ3) is 2.21. The fourth-order valence-electron chi connectivity index (χ4n) is 3.20. The van der Waals surface area contributed by atoms with Crippen molar-refractivity contribution in [2.75, 3.05) is 18.5 Å². The van der Waals surface area contributed by atoms with Crippen LogP contribution in [0.2, 0.25) is 0 Å². The van der Waals surface area contributed by atoms with E-state index < -0.39 is 0 Å². The Kier molecular flexibility index (Phi) is 3.41. The van der Waals surface area contributed by atoms with E-state index in [-0.39, 0.29) is 0 Å². The van der Waals surface area contributed by atoms with Crippen LogP contribution in [0.4, 0.5) is 5.82 Å².